The van der Waals surface area contributed by atoms with E-state index in [1.165, 1.54) is 0 Å². The van der Waals surface area contributed by atoms with Crippen molar-refractivity contribution in [2.24, 2.45) is 7.05 Å². The molecule has 20 heavy (non-hydrogen) atoms. The van der Waals surface area contributed by atoms with Gasteiger partial charge in [0.15, 0.2) is 0 Å². The molecule has 0 amide bonds. The van der Waals surface area contributed by atoms with Crippen LogP contribution in [-0.4, -0.2) is 51.6 Å². The summed E-state index contributed by atoms with van der Waals surface area (Å²) in [4.78, 5) is 2.36. The largest absolute Gasteiger partial charge is 0.352 e. The number of nitrogens with one attached hydrogen (secondary N) is 2. The highest BCUT2D eigenvalue weighted by Gasteiger charge is 2.19. The van der Waals surface area contributed by atoms with Crippen molar-refractivity contribution in [2.45, 2.75) is 30.8 Å². The molecule has 0 saturated carbocycles. The van der Waals surface area contributed by atoms with Gasteiger partial charge in [0.2, 0.25) is 10.0 Å². The first-order chi connectivity index (χ1) is 9.26. The maximum atomic E-state index is 12.3. The van der Waals surface area contributed by atoms with E-state index in [0.717, 1.165) is 18.7 Å². The number of aromatic nitrogens is 1. The third kappa shape index (κ3) is 4.90. The molecule has 0 spiro atoms. The van der Waals surface area contributed by atoms with Crippen molar-refractivity contribution in [1.82, 2.24) is 19.5 Å². The molecule has 116 valence electrons. The van der Waals surface area contributed by atoms with E-state index in [2.05, 4.69) is 10.0 Å². The van der Waals surface area contributed by atoms with Crippen LogP contribution in [0.5, 0.6) is 0 Å². The fourth-order valence-electron chi connectivity index (χ4n) is 1.92. The summed E-state index contributed by atoms with van der Waals surface area (Å²) < 4.78 is 29.1. The minimum atomic E-state index is -3.44. The van der Waals surface area contributed by atoms with Gasteiger partial charge in [-0.2, -0.15) is 0 Å². The lowest BCUT2D eigenvalue weighted by molar-refractivity contribution is 0.379. The van der Waals surface area contributed by atoms with E-state index in [0.29, 0.717) is 11.4 Å². The molecule has 0 aliphatic heterocycles. The third-order valence-electron chi connectivity index (χ3n) is 3.12. The Morgan fingerprint density at radius 1 is 1.40 bits per heavy atom. The molecule has 0 aliphatic carbocycles. The van der Waals surface area contributed by atoms with Crippen molar-refractivity contribution in [3.8, 4) is 0 Å². The second-order valence-electron chi connectivity index (χ2n) is 5.42. The van der Waals surface area contributed by atoms with Crippen LogP contribution in [0.15, 0.2) is 17.2 Å². The van der Waals surface area contributed by atoms with E-state index in [4.69, 9.17) is 0 Å². The highest BCUT2D eigenvalue weighted by molar-refractivity contribution is 7.89. The minimum absolute atomic E-state index is 0.0876. The van der Waals surface area contributed by atoms with E-state index in [1.807, 2.05) is 44.6 Å². The Balaban J connectivity index is 2.75. The maximum absolute atomic E-state index is 12.3. The SMILES string of the molecule is CNCc1cc(S(=O)(=O)NC(C)CCN(C)C)cn1C. The molecule has 6 nitrogen and oxygen atoms in total. The zero-order valence-electron chi connectivity index (χ0n) is 13.0. The summed E-state index contributed by atoms with van der Waals surface area (Å²) in [5.74, 6) is 0. The lowest BCUT2D eigenvalue weighted by Crippen LogP contribution is -2.34. The Hall–Kier alpha value is -0.890. The van der Waals surface area contributed by atoms with E-state index in [9.17, 15) is 8.42 Å². The molecule has 7 heteroatoms. The predicted molar refractivity (Wildman–Crippen MR) is 81.1 cm³/mol. The van der Waals surface area contributed by atoms with Crippen LogP contribution in [0.2, 0.25) is 0 Å². The van der Waals surface area contributed by atoms with Crippen molar-refractivity contribution in [1.29, 1.82) is 0 Å². The van der Waals surface area contributed by atoms with E-state index in [-0.39, 0.29) is 6.04 Å². The summed E-state index contributed by atoms with van der Waals surface area (Å²) in [6.45, 7) is 3.38. The van der Waals surface area contributed by atoms with Crippen LogP contribution in [0.1, 0.15) is 19.0 Å². The van der Waals surface area contributed by atoms with Gasteiger partial charge in [0, 0.05) is 31.5 Å². The molecular weight excluding hydrogens is 276 g/mol. The molecule has 1 aromatic heterocycles. The molecule has 0 saturated heterocycles. The highest BCUT2D eigenvalue weighted by atomic mass is 32.2. The molecule has 1 heterocycles. The summed E-state index contributed by atoms with van der Waals surface area (Å²) >= 11 is 0. The fraction of sp³-hybridized carbons (Fsp3) is 0.692. The summed E-state index contributed by atoms with van der Waals surface area (Å²) in [6.07, 6.45) is 2.43. The maximum Gasteiger partial charge on any atom is 0.242 e. The number of hydrogen-bond donors (Lipinski definition) is 2. The van der Waals surface area contributed by atoms with Crippen LogP contribution in [0.25, 0.3) is 0 Å². The van der Waals surface area contributed by atoms with Crippen molar-refractivity contribution < 1.29 is 8.42 Å². The number of rotatable bonds is 8. The van der Waals surface area contributed by atoms with Gasteiger partial charge in [0.25, 0.3) is 0 Å². The first-order valence-electron chi connectivity index (χ1n) is 6.73. The Bertz CT molecular complexity index is 522. The van der Waals surface area contributed by atoms with Crippen LogP contribution in [-0.2, 0) is 23.6 Å². The lowest BCUT2D eigenvalue weighted by atomic mass is 10.2. The molecule has 1 atom stereocenters. The molecule has 1 rings (SSSR count). The average molecular weight is 302 g/mol. The number of hydrogen-bond acceptors (Lipinski definition) is 4. The third-order valence-corrected chi connectivity index (χ3v) is 4.67. The van der Waals surface area contributed by atoms with Crippen molar-refractivity contribution in [2.75, 3.05) is 27.7 Å². The first-order valence-corrected chi connectivity index (χ1v) is 8.21. The van der Waals surface area contributed by atoms with Crippen LogP contribution in [0, 0.1) is 0 Å². The van der Waals surface area contributed by atoms with Crippen LogP contribution in [0.3, 0.4) is 0 Å². The number of sulfonamides is 1. The van der Waals surface area contributed by atoms with Gasteiger partial charge in [-0.05, 0) is 47.1 Å². The van der Waals surface area contributed by atoms with Gasteiger partial charge >= 0.3 is 0 Å². The lowest BCUT2D eigenvalue weighted by Gasteiger charge is -2.16. The molecule has 0 aliphatic rings. The van der Waals surface area contributed by atoms with Crippen molar-refractivity contribution in [3.05, 3.63) is 18.0 Å². The molecule has 0 radical (unpaired) electrons. The zero-order chi connectivity index (χ0) is 15.3. The second-order valence-corrected chi connectivity index (χ2v) is 7.14. The summed E-state index contributed by atoms with van der Waals surface area (Å²) in [5.41, 5.74) is 0.939. The Morgan fingerprint density at radius 3 is 2.60 bits per heavy atom. The van der Waals surface area contributed by atoms with Gasteiger partial charge in [-0.3, -0.25) is 0 Å². The summed E-state index contributed by atoms with van der Waals surface area (Å²) in [5, 5.41) is 3.02. The smallest absolute Gasteiger partial charge is 0.242 e. The van der Waals surface area contributed by atoms with E-state index in [1.54, 1.807) is 12.3 Å². The summed E-state index contributed by atoms with van der Waals surface area (Å²) in [6, 6.07) is 1.62. The first kappa shape index (κ1) is 17.2. The monoisotopic (exact) mass is 302 g/mol. The van der Waals surface area contributed by atoms with Crippen LogP contribution < -0.4 is 10.0 Å². The number of aryl methyl sites for hydroxylation is 1. The normalized spacial score (nSPS) is 13.9. The molecular formula is C13H26N4O2S. The van der Waals surface area contributed by atoms with Gasteiger partial charge in [0.1, 0.15) is 0 Å². The molecule has 0 bridgehead atoms. The molecule has 0 fully saturated rings. The average Bonchev–Trinajstić information content (AvgIpc) is 2.69. The minimum Gasteiger partial charge on any atom is -0.352 e. The van der Waals surface area contributed by atoms with Gasteiger partial charge in [-0.15, -0.1) is 0 Å². The molecule has 0 aromatic carbocycles. The second kappa shape index (κ2) is 7.21. The standard InChI is InChI=1S/C13H26N4O2S/c1-11(6-7-16(3)4)15-20(18,19)13-8-12(9-14-2)17(5)10-13/h8,10-11,14-15H,6-7,9H2,1-5H3. The van der Waals surface area contributed by atoms with Crippen LogP contribution in [0.4, 0.5) is 0 Å². The molecule has 1 unspecified atom stereocenters. The Kier molecular flexibility index (Phi) is 6.19. The van der Waals surface area contributed by atoms with Crippen molar-refractivity contribution in [3.63, 3.8) is 0 Å². The van der Waals surface area contributed by atoms with E-state index < -0.39 is 10.0 Å². The van der Waals surface area contributed by atoms with Gasteiger partial charge < -0.3 is 14.8 Å². The summed E-state index contributed by atoms with van der Waals surface area (Å²) in [7, 11) is 4.19. The van der Waals surface area contributed by atoms with Gasteiger partial charge in [-0.25, -0.2) is 13.1 Å². The Labute approximate surface area is 122 Å². The topological polar surface area (TPSA) is 66.4 Å². The molecule has 2 N–H and O–H groups in total. The highest BCUT2D eigenvalue weighted by Crippen LogP contribution is 2.14. The van der Waals surface area contributed by atoms with Crippen LogP contribution >= 0.6 is 0 Å². The zero-order valence-corrected chi connectivity index (χ0v) is 13.8. The van der Waals surface area contributed by atoms with Gasteiger partial charge in [-0.1, -0.05) is 0 Å². The van der Waals surface area contributed by atoms with Crippen molar-refractivity contribution >= 4 is 10.0 Å². The Morgan fingerprint density at radius 2 is 2.05 bits per heavy atom. The quantitative estimate of drug-likeness (QED) is 0.728. The number of nitrogens with zero attached hydrogens (tertiary/aromatic N) is 2. The van der Waals surface area contributed by atoms with Gasteiger partial charge in [0.05, 0.1) is 4.90 Å². The van der Waals surface area contributed by atoms with E-state index >= 15 is 0 Å². The fourth-order valence-corrected chi connectivity index (χ4v) is 3.30. The molecule has 1 aromatic rings. The predicted octanol–water partition coefficient (Wildman–Crippen LogP) is 0.363.